The Morgan fingerprint density at radius 2 is 2.20 bits per heavy atom. The van der Waals surface area contributed by atoms with Crippen molar-refractivity contribution in [2.45, 2.75) is 12.5 Å². The molecule has 1 aliphatic rings. The quantitative estimate of drug-likeness (QED) is 0.839. The molecule has 0 amide bonds. The van der Waals surface area contributed by atoms with Crippen molar-refractivity contribution in [2.24, 2.45) is 0 Å². The Hall–Kier alpha value is -0.680. The van der Waals surface area contributed by atoms with Gasteiger partial charge in [-0.15, -0.1) is 0 Å². The maximum atomic E-state index is 13.3. The first-order chi connectivity index (χ1) is 7.16. The highest BCUT2D eigenvalue weighted by atomic mass is 79.9. The zero-order chi connectivity index (χ0) is 10.8. The van der Waals surface area contributed by atoms with Crippen molar-refractivity contribution in [3.05, 3.63) is 28.2 Å². The molecule has 5 heteroatoms. The monoisotopic (exact) mass is 277 g/mol. The van der Waals surface area contributed by atoms with Crippen molar-refractivity contribution in [1.82, 2.24) is 5.32 Å². The van der Waals surface area contributed by atoms with Crippen LogP contribution in [-0.2, 0) is 0 Å². The number of nitrogens with one attached hydrogen (secondary N) is 1. The summed E-state index contributed by atoms with van der Waals surface area (Å²) in [5.74, 6) is -1.86. The summed E-state index contributed by atoms with van der Waals surface area (Å²) in [6.07, 6.45) is 0.737. The van der Waals surface area contributed by atoms with Crippen LogP contribution in [0.3, 0.4) is 0 Å². The molecule has 0 saturated carbocycles. The molecule has 0 aromatic heterocycles. The van der Waals surface area contributed by atoms with Crippen molar-refractivity contribution >= 4 is 15.9 Å². The van der Waals surface area contributed by atoms with E-state index in [1.807, 2.05) is 0 Å². The average molecular weight is 278 g/mol. The first-order valence-electron chi connectivity index (χ1n) is 4.69. The lowest BCUT2D eigenvalue weighted by Crippen LogP contribution is -2.20. The molecule has 1 heterocycles. The van der Waals surface area contributed by atoms with E-state index in [1.165, 1.54) is 6.07 Å². The third-order valence-electron chi connectivity index (χ3n) is 2.27. The molecule has 0 bridgehead atoms. The summed E-state index contributed by atoms with van der Waals surface area (Å²) in [5.41, 5.74) is 0. The van der Waals surface area contributed by atoms with Crippen LogP contribution < -0.4 is 10.1 Å². The van der Waals surface area contributed by atoms with Gasteiger partial charge in [0.1, 0.15) is 6.10 Å². The second-order valence-electron chi connectivity index (χ2n) is 3.43. The summed E-state index contributed by atoms with van der Waals surface area (Å²) in [4.78, 5) is 0. The van der Waals surface area contributed by atoms with Gasteiger partial charge in [0.05, 0.1) is 0 Å². The van der Waals surface area contributed by atoms with Crippen molar-refractivity contribution in [3.63, 3.8) is 0 Å². The molecular weight excluding hydrogens is 268 g/mol. The highest BCUT2D eigenvalue weighted by molar-refractivity contribution is 9.10. The van der Waals surface area contributed by atoms with Gasteiger partial charge < -0.3 is 10.1 Å². The van der Waals surface area contributed by atoms with Gasteiger partial charge in [-0.2, -0.15) is 4.39 Å². The summed E-state index contributed by atoms with van der Waals surface area (Å²) in [5, 5.41) is 3.09. The zero-order valence-corrected chi connectivity index (χ0v) is 9.48. The lowest BCUT2D eigenvalue weighted by molar-refractivity contribution is 0.210. The largest absolute Gasteiger partial charge is 0.486 e. The fourth-order valence-electron chi connectivity index (χ4n) is 1.53. The van der Waals surface area contributed by atoms with Crippen LogP contribution in [-0.4, -0.2) is 19.2 Å². The topological polar surface area (TPSA) is 21.3 Å². The number of benzene rings is 1. The van der Waals surface area contributed by atoms with Crippen LogP contribution in [0.25, 0.3) is 0 Å². The predicted molar refractivity (Wildman–Crippen MR) is 56.0 cm³/mol. The predicted octanol–water partition coefficient (Wildman–Crippen LogP) is 2.47. The lowest BCUT2D eigenvalue weighted by Gasteiger charge is -2.13. The van der Waals surface area contributed by atoms with Crippen molar-refractivity contribution in [3.8, 4) is 5.75 Å². The Morgan fingerprint density at radius 1 is 1.40 bits per heavy atom. The average Bonchev–Trinajstić information content (AvgIpc) is 2.66. The molecule has 2 rings (SSSR count). The molecule has 0 unspecified atom stereocenters. The summed E-state index contributed by atoms with van der Waals surface area (Å²) < 4.78 is 32.1. The molecule has 1 atom stereocenters. The van der Waals surface area contributed by atoms with Crippen LogP contribution in [0.5, 0.6) is 5.75 Å². The maximum Gasteiger partial charge on any atom is 0.200 e. The maximum absolute atomic E-state index is 13.3. The normalized spacial score (nSPS) is 20.6. The van der Waals surface area contributed by atoms with Crippen LogP contribution in [0.4, 0.5) is 8.78 Å². The van der Waals surface area contributed by atoms with Gasteiger partial charge in [-0.25, -0.2) is 4.39 Å². The Bertz CT molecular complexity index is 367. The number of ether oxygens (including phenoxy) is 1. The van der Waals surface area contributed by atoms with E-state index in [9.17, 15) is 8.78 Å². The number of hydrogen-bond donors (Lipinski definition) is 1. The van der Waals surface area contributed by atoms with Gasteiger partial charge in [-0.05, 0) is 25.1 Å². The molecule has 1 fully saturated rings. The first-order valence-corrected chi connectivity index (χ1v) is 5.48. The number of halogens is 3. The second-order valence-corrected chi connectivity index (χ2v) is 4.35. The van der Waals surface area contributed by atoms with E-state index in [1.54, 1.807) is 0 Å². The molecular formula is C10H10BrF2NO. The van der Waals surface area contributed by atoms with E-state index < -0.39 is 11.6 Å². The molecule has 1 aliphatic heterocycles. The standard InChI is InChI=1S/C10H10BrF2NO/c11-6-3-8(12)10(13)9(4-6)15-7-1-2-14-5-7/h3-4,7,14H,1-2,5H2/t7-/m0/s1. The molecule has 1 N–H and O–H groups in total. The highest BCUT2D eigenvalue weighted by Gasteiger charge is 2.19. The van der Waals surface area contributed by atoms with Crippen LogP contribution in [0, 0.1) is 11.6 Å². The Labute approximate surface area is 94.7 Å². The van der Waals surface area contributed by atoms with E-state index in [-0.39, 0.29) is 11.9 Å². The van der Waals surface area contributed by atoms with Crippen LogP contribution in [0.2, 0.25) is 0 Å². The van der Waals surface area contributed by atoms with Crippen LogP contribution in [0.1, 0.15) is 6.42 Å². The minimum absolute atomic E-state index is 0.0319. The minimum Gasteiger partial charge on any atom is -0.486 e. The van der Waals surface area contributed by atoms with Gasteiger partial charge in [0.2, 0.25) is 5.82 Å². The fourth-order valence-corrected chi connectivity index (χ4v) is 1.94. The molecule has 0 spiro atoms. The number of rotatable bonds is 2. The van der Waals surface area contributed by atoms with Crippen LogP contribution in [0.15, 0.2) is 16.6 Å². The van der Waals surface area contributed by atoms with Gasteiger partial charge in [0, 0.05) is 11.0 Å². The van der Waals surface area contributed by atoms with Gasteiger partial charge >= 0.3 is 0 Å². The SMILES string of the molecule is Fc1cc(Br)cc(O[C@H]2CCNC2)c1F. The van der Waals surface area contributed by atoms with E-state index in [0.717, 1.165) is 19.0 Å². The summed E-state index contributed by atoms with van der Waals surface area (Å²) in [6, 6.07) is 2.52. The van der Waals surface area contributed by atoms with Crippen LogP contribution >= 0.6 is 15.9 Å². The Kier molecular flexibility index (Phi) is 3.21. The van der Waals surface area contributed by atoms with Gasteiger partial charge in [-0.3, -0.25) is 0 Å². The van der Waals surface area contributed by atoms with Crippen molar-refractivity contribution in [2.75, 3.05) is 13.1 Å². The third-order valence-corrected chi connectivity index (χ3v) is 2.73. The minimum atomic E-state index is -0.926. The van der Waals surface area contributed by atoms with Gasteiger partial charge in [0.15, 0.2) is 11.6 Å². The fraction of sp³-hybridized carbons (Fsp3) is 0.400. The van der Waals surface area contributed by atoms with E-state index >= 15 is 0 Å². The Morgan fingerprint density at radius 3 is 2.87 bits per heavy atom. The second kappa shape index (κ2) is 4.45. The highest BCUT2D eigenvalue weighted by Crippen LogP contribution is 2.26. The lowest BCUT2D eigenvalue weighted by atomic mass is 10.3. The van der Waals surface area contributed by atoms with Crippen molar-refractivity contribution < 1.29 is 13.5 Å². The van der Waals surface area contributed by atoms with E-state index in [4.69, 9.17) is 4.74 Å². The summed E-state index contributed by atoms with van der Waals surface area (Å²) in [7, 11) is 0. The third kappa shape index (κ3) is 2.46. The smallest absolute Gasteiger partial charge is 0.200 e. The molecule has 1 saturated heterocycles. The molecule has 1 aromatic carbocycles. The molecule has 82 valence electrons. The molecule has 15 heavy (non-hydrogen) atoms. The van der Waals surface area contributed by atoms with Gasteiger partial charge in [0.25, 0.3) is 0 Å². The van der Waals surface area contributed by atoms with E-state index in [0.29, 0.717) is 11.0 Å². The molecule has 2 nitrogen and oxygen atoms in total. The number of hydrogen-bond acceptors (Lipinski definition) is 2. The van der Waals surface area contributed by atoms with E-state index in [2.05, 4.69) is 21.2 Å². The van der Waals surface area contributed by atoms with Crippen molar-refractivity contribution in [1.29, 1.82) is 0 Å². The Balaban J connectivity index is 2.19. The first kappa shape index (κ1) is 10.8. The van der Waals surface area contributed by atoms with Gasteiger partial charge in [-0.1, -0.05) is 15.9 Å². The molecule has 1 aromatic rings. The summed E-state index contributed by atoms with van der Waals surface area (Å²) >= 11 is 3.09. The summed E-state index contributed by atoms with van der Waals surface area (Å²) in [6.45, 7) is 1.52. The zero-order valence-electron chi connectivity index (χ0n) is 7.90. The molecule has 0 aliphatic carbocycles. The molecule has 0 radical (unpaired) electrons.